The van der Waals surface area contributed by atoms with Crippen molar-refractivity contribution in [2.24, 2.45) is 11.7 Å². The zero-order valence-corrected chi connectivity index (χ0v) is 10.00. The monoisotopic (exact) mass is 253 g/mol. The van der Waals surface area contributed by atoms with Crippen molar-refractivity contribution in [1.82, 2.24) is 0 Å². The van der Waals surface area contributed by atoms with E-state index in [0.717, 1.165) is 0 Å². The highest BCUT2D eigenvalue weighted by atomic mass is 19.3. The van der Waals surface area contributed by atoms with Crippen LogP contribution in [0.4, 0.5) is 8.78 Å². The number of aliphatic carboxylic acids is 1. The molecule has 0 aliphatic heterocycles. The summed E-state index contributed by atoms with van der Waals surface area (Å²) < 4.78 is 30.7. The quantitative estimate of drug-likeness (QED) is 0.564. The fraction of sp³-hybridized carbons (Fsp3) is 0.800. The van der Waals surface area contributed by atoms with E-state index in [1.165, 1.54) is 20.8 Å². The van der Waals surface area contributed by atoms with E-state index in [1.54, 1.807) is 0 Å². The molecule has 3 N–H and O–H groups in total. The van der Waals surface area contributed by atoms with E-state index < -0.39 is 42.3 Å². The van der Waals surface area contributed by atoms with Crippen molar-refractivity contribution in [2.45, 2.75) is 38.7 Å². The van der Waals surface area contributed by atoms with Crippen molar-refractivity contribution >= 4 is 11.9 Å². The molecule has 0 spiro atoms. The highest BCUT2D eigenvalue weighted by Crippen LogP contribution is 2.24. The minimum atomic E-state index is -3.40. The summed E-state index contributed by atoms with van der Waals surface area (Å²) >= 11 is 0. The maximum absolute atomic E-state index is 13.0. The highest BCUT2D eigenvalue weighted by Gasteiger charge is 2.40. The third kappa shape index (κ3) is 6.15. The number of carboxylic acids is 1. The summed E-state index contributed by atoms with van der Waals surface area (Å²) in [6.07, 6.45) is -1.16. The van der Waals surface area contributed by atoms with E-state index in [4.69, 9.17) is 15.6 Å². The summed E-state index contributed by atoms with van der Waals surface area (Å²) in [7, 11) is 0. The first kappa shape index (κ1) is 15.8. The first-order valence-corrected chi connectivity index (χ1v) is 5.02. The van der Waals surface area contributed by atoms with Gasteiger partial charge in [-0.15, -0.1) is 0 Å². The Kier molecular flexibility index (Phi) is 5.00. The van der Waals surface area contributed by atoms with Gasteiger partial charge in [0.15, 0.2) is 5.92 Å². The molecular weight excluding hydrogens is 236 g/mol. The summed E-state index contributed by atoms with van der Waals surface area (Å²) in [5, 5.41) is 8.72. The first-order valence-electron chi connectivity index (χ1n) is 5.02. The second kappa shape index (κ2) is 5.39. The molecule has 0 heterocycles. The second-order valence-corrected chi connectivity index (χ2v) is 4.69. The van der Waals surface area contributed by atoms with Gasteiger partial charge in [0.25, 0.3) is 5.92 Å². The maximum atomic E-state index is 13.0. The maximum Gasteiger partial charge on any atom is 0.321 e. The molecule has 0 aromatic rings. The van der Waals surface area contributed by atoms with Gasteiger partial charge in [0, 0.05) is 6.42 Å². The smallest absolute Gasteiger partial charge is 0.321 e. The Labute approximate surface area is 97.9 Å². The lowest BCUT2D eigenvalue weighted by Gasteiger charge is -2.24. The molecule has 0 rings (SSSR count). The molecule has 0 aliphatic carbocycles. The number of ether oxygens (including phenoxy) is 1. The molecule has 0 aliphatic rings. The van der Waals surface area contributed by atoms with Crippen LogP contribution in [0, 0.1) is 5.92 Å². The zero-order valence-electron chi connectivity index (χ0n) is 10.00. The van der Waals surface area contributed by atoms with Crippen LogP contribution in [0.2, 0.25) is 0 Å². The van der Waals surface area contributed by atoms with Gasteiger partial charge in [-0.25, -0.2) is 8.78 Å². The normalized spacial score (nSPS) is 14.2. The number of hydrogen-bond donors (Lipinski definition) is 2. The molecule has 0 radical (unpaired) electrons. The molecule has 0 fully saturated rings. The number of nitrogens with two attached hydrogens (primary N) is 1. The molecule has 0 unspecified atom stereocenters. The Morgan fingerprint density at radius 2 is 1.82 bits per heavy atom. The number of carboxylic acid groups (broad SMARTS) is 1. The Morgan fingerprint density at radius 3 is 2.12 bits per heavy atom. The molecule has 0 saturated heterocycles. The second-order valence-electron chi connectivity index (χ2n) is 4.69. The van der Waals surface area contributed by atoms with Crippen molar-refractivity contribution in [3.8, 4) is 0 Å². The Morgan fingerprint density at radius 1 is 1.35 bits per heavy atom. The molecule has 100 valence electrons. The minimum absolute atomic E-state index is 0.928. The van der Waals surface area contributed by atoms with Gasteiger partial charge in [-0.2, -0.15) is 0 Å². The largest absolute Gasteiger partial charge is 0.481 e. The van der Waals surface area contributed by atoms with Crippen molar-refractivity contribution in [2.75, 3.05) is 6.54 Å². The lowest BCUT2D eigenvalue weighted by Crippen LogP contribution is -2.39. The number of carbonyl (C=O) groups is 2. The van der Waals surface area contributed by atoms with Crippen molar-refractivity contribution in [3.05, 3.63) is 0 Å². The van der Waals surface area contributed by atoms with E-state index in [9.17, 15) is 18.4 Å². The summed E-state index contributed by atoms with van der Waals surface area (Å²) in [6, 6.07) is 0. The Hall–Kier alpha value is -1.24. The molecule has 0 aromatic carbocycles. The van der Waals surface area contributed by atoms with E-state index >= 15 is 0 Å². The number of halogens is 2. The molecule has 7 heteroatoms. The van der Waals surface area contributed by atoms with E-state index in [1.807, 2.05) is 0 Å². The minimum Gasteiger partial charge on any atom is -0.481 e. The van der Waals surface area contributed by atoms with Crippen LogP contribution in [0.3, 0.4) is 0 Å². The molecule has 1 atom stereocenters. The van der Waals surface area contributed by atoms with Gasteiger partial charge in [-0.1, -0.05) is 0 Å². The van der Waals surface area contributed by atoms with Gasteiger partial charge < -0.3 is 15.6 Å². The predicted octanol–water partition coefficient (Wildman–Crippen LogP) is 1.01. The average Bonchev–Trinajstić information content (AvgIpc) is 2.11. The van der Waals surface area contributed by atoms with Gasteiger partial charge in [0.05, 0.1) is 6.54 Å². The number of hydrogen-bond acceptors (Lipinski definition) is 4. The third-order valence-electron chi connectivity index (χ3n) is 1.79. The predicted molar refractivity (Wildman–Crippen MR) is 55.6 cm³/mol. The summed E-state index contributed by atoms with van der Waals surface area (Å²) in [6.45, 7) is 3.54. The van der Waals surface area contributed by atoms with Gasteiger partial charge >= 0.3 is 11.9 Å². The van der Waals surface area contributed by atoms with Crippen molar-refractivity contribution in [1.29, 1.82) is 0 Å². The molecule has 0 bridgehead atoms. The van der Waals surface area contributed by atoms with E-state index in [0.29, 0.717) is 0 Å². The van der Waals surface area contributed by atoms with Gasteiger partial charge in [0.1, 0.15) is 5.60 Å². The number of rotatable bonds is 5. The lowest BCUT2D eigenvalue weighted by molar-refractivity contribution is -0.171. The van der Waals surface area contributed by atoms with Gasteiger partial charge in [0.2, 0.25) is 0 Å². The Balaban J connectivity index is 4.77. The van der Waals surface area contributed by atoms with Gasteiger partial charge in [-0.05, 0) is 20.8 Å². The SMILES string of the molecule is CC(C)(C)OC(=O)[C@@H](CC(F)(F)CN)C(=O)O. The molecule has 17 heavy (non-hydrogen) atoms. The van der Waals surface area contributed by atoms with Gasteiger partial charge in [-0.3, -0.25) is 9.59 Å². The van der Waals surface area contributed by atoms with E-state index in [2.05, 4.69) is 0 Å². The van der Waals surface area contributed by atoms with Crippen LogP contribution in [0.5, 0.6) is 0 Å². The third-order valence-corrected chi connectivity index (χ3v) is 1.79. The van der Waals surface area contributed by atoms with Crippen LogP contribution in [-0.2, 0) is 14.3 Å². The molecule has 0 saturated carbocycles. The number of esters is 1. The van der Waals surface area contributed by atoms with Crippen LogP contribution < -0.4 is 5.73 Å². The van der Waals surface area contributed by atoms with E-state index in [-0.39, 0.29) is 0 Å². The van der Waals surface area contributed by atoms with Crippen LogP contribution in [0.15, 0.2) is 0 Å². The average molecular weight is 253 g/mol. The fourth-order valence-electron chi connectivity index (χ4n) is 1.03. The van der Waals surface area contributed by atoms with Crippen LogP contribution >= 0.6 is 0 Å². The molecule has 5 nitrogen and oxygen atoms in total. The van der Waals surface area contributed by atoms with Crippen LogP contribution in [-0.4, -0.2) is 35.1 Å². The van der Waals surface area contributed by atoms with Crippen LogP contribution in [0.1, 0.15) is 27.2 Å². The zero-order chi connectivity index (χ0) is 13.9. The molecule has 0 amide bonds. The fourth-order valence-corrected chi connectivity index (χ4v) is 1.03. The topological polar surface area (TPSA) is 89.6 Å². The summed E-state index contributed by atoms with van der Waals surface area (Å²) in [5.41, 5.74) is 3.86. The summed E-state index contributed by atoms with van der Waals surface area (Å²) in [4.78, 5) is 22.2. The molecule has 0 aromatic heterocycles. The summed E-state index contributed by atoms with van der Waals surface area (Å²) in [5.74, 6) is -8.14. The van der Waals surface area contributed by atoms with Crippen LogP contribution in [0.25, 0.3) is 0 Å². The lowest BCUT2D eigenvalue weighted by atomic mass is 10.0. The van der Waals surface area contributed by atoms with Crippen molar-refractivity contribution in [3.63, 3.8) is 0 Å². The Bertz CT molecular complexity index is 299. The molecular formula is C10H17F2NO4. The number of carbonyl (C=O) groups excluding carboxylic acids is 1. The van der Waals surface area contributed by atoms with Crippen molar-refractivity contribution < 1.29 is 28.2 Å². The highest BCUT2D eigenvalue weighted by molar-refractivity contribution is 5.94. The first-order chi connectivity index (χ1) is 7.48. The standard InChI is InChI=1S/C10H17F2NO4/c1-9(2,3)17-8(16)6(7(14)15)4-10(11,12)5-13/h6H,4-5,13H2,1-3H3,(H,14,15)/t6-/m0/s1. The number of alkyl halides is 2.